The lowest BCUT2D eigenvalue weighted by Gasteiger charge is -2.14. The second-order valence-corrected chi connectivity index (χ2v) is 8.25. The molecule has 1 atom stereocenters. The highest BCUT2D eigenvalue weighted by atomic mass is 79.9. The Morgan fingerprint density at radius 2 is 2.03 bits per heavy atom. The monoisotopic (exact) mass is 522 g/mol. The zero-order valence-corrected chi connectivity index (χ0v) is 18.6. The van der Waals surface area contributed by atoms with Crippen LogP contribution in [0.3, 0.4) is 0 Å². The Bertz CT molecular complexity index is 1210. The van der Waals surface area contributed by atoms with Crippen LogP contribution in [0.25, 0.3) is 10.9 Å². The zero-order chi connectivity index (χ0) is 21.3. The molecule has 150 valence electrons. The van der Waals surface area contributed by atoms with Gasteiger partial charge in [-0.3, -0.25) is 14.9 Å². The maximum absolute atomic E-state index is 13.1. The van der Waals surface area contributed by atoms with Crippen molar-refractivity contribution in [2.24, 2.45) is 5.10 Å². The van der Waals surface area contributed by atoms with Gasteiger partial charge in [-0.2, -0.15) is 9.78 Å². The van der Waals surface area contributed by atoms with Gasteiger partial charge in [-0.1, -0.05) is 45.7 Å². The van der Waals surface area contributed by atoms with Crippen LogP contribution >= 0.6 is 31.9 Å². The Morgan fingerprint density at radius 1 is 1.31 bits per heavy atom. The highest BCUT2D eigenvalue weighted by Crippen LogP contribution is 2.32. The Labute approximate surface area is 182 Å². The minimum Gasteiger partial charge on any atom is -0.502 e. The molecule has 1 aromatic heterocycles. The molecule has 2 aromatic carbocycles. The first-order valence-corrected chi connectivity index (χ1v) is 10.2. The van der Waals surface area contributed by atoms with Gasteiger partial charge in [0.2, 0.25) is 5.75 Å². The molecule has 0 radical (unpaired) electrons. The fourth-order valence-electron chi connectivity index (χ4n) is 2.74. The lowest BCUT2D eigenvalue weighted by atomic mass is 10.1. The van der Waals surface area contributed by atoms with E-state index in [9.17, 15) is 20.0 Å². The van der Waals surface area contributed by atoms with Gasteiger partial charge in [-0.05, 0) is 30.7 Å². The van der Waals surface area contributed by atoms with E-state index < -0.39 is 16.4 Å². The summed E-state index contributed by atoms with van der Waals surface area (Å²) in [7, 11) is 0. The van der Waals surface area contributed by atoms with E-state index in [2.05, 4.69) is 41.9 Å². The molecule has 0 fully saturated rings. The number of fused-ring (bicyclic) bond motifs is 1. The SMILES string of the molecule is CC[C@@H](C)c1nc2ccc(Br)cc2c(=O)n1N=Cc1cc(Br)cc([N+](=O)[O-])c1O. The van der Waals surface area contributed by atoms with Crippen molar-refractivity contribution in [1.29, 1.82) is 0 Å². The molecule has 0 amide bonds. The third-order valence-electron chi connectivity index (χ3n) is 4.48. The van der Waals surface area contributed by atoms with Gasteiger partial charge in [-0.25, -0.2) is 4.98 Å². The van der Waals surface area contributed by atoms with Crippen molar-refractivity contribution in [2.45, 2.75) is 26.2 Å². The lowest BCUT2D eigenvalue weighted by Crippen LogP contribution is -2.23. The van der Waals surface area contributed by atoms with Crippen molar-refractivity contribution < 1.29 is 10.0 Å². The number of phenolic OH excluding ortho intramolecular Hbond substituents is 1. The van der Waals surface area contributed by atoms with Gasteiger partial charge in [0.15, 0.2) is 0 Å². The van der Waals surface area contributed by atoms with Crippen LogP contribution in [0, 0.1) is 10.1 Å². The Kier molecular flexibility index (Phi) is 6.13. The highest BCUT2D eigenvalue weighted by Gasteiger charge is 2.19. The number of halogens is 2. The number of nitro benzene ring substituents is 1. The summed E-state index contributed by atoms with van der Waals surface area (Å²) in [5, 5.41) is 25.9. The standard InChI is InChI=1S/C19H16Br2N4O4/c1-3-10(2)18-23-15-5-4-12(20)7-14(15)19(27)24(18)22-9-11-6-13(21)8-16(17(11)26)25(28)29/h4-10,26H,3H2,1-2H3/t10-/m1/s1. The van der Waals surface area contributed by atoms with Crippen molar-refractivity contribution in [3.05, 3.63) is 71.1 Å². The average molecular weight is 524 g/mol. The van der Waals surface area contributed by atoms with E-state index in [0.29, 0.717) is 21.2 Å². The van der Waals surface area contributed by atoms with Crippen LogP contribution in [-0.2, 0) is 0 Å². The van der Waals surface area contributed by atoms with E-state index in [1.54, 1.807) is 18.2 Å². The van der Waals surface area contributed by atoms with Crippen molar-refractivity contribution in [3.8, 4) is 5.75 Å². The van der Waals surface area contributed by atoms with E-state index in [1.807, 2.05) is 13.8 Å². The predicted octanol–water partition coefficient (Wildman–Crippen LogP) is 4.93. The Balaban J connectivity index is 2.23. The largest absolute Gasteiger partial charge is 0.502 e. The lowest BCUT2D eigenvalue weighted by molar-refractivity contribution is -0.385. The third kappa shape index (κ3) is 4.23. The number of rotatable bonds is 5. The first kappa shape index (κ1) is 21.1. The van der Waals surface area contributed by atoms with E-state index in [0.717, 1.165) is 10.9 Å². The van der Waals surface area contributed by atoms with Crippen LogP contribution < -0.4 is 5.56 Å². The number of phenols is 1. The summed E-state index contributed by atoms with van der Waals surface area (Å²) < 4.78 is 2.31. The maximum Gasteiger partial charge on any atom is 0.312 e. The molecule has 0 aliphatic carbocycles. The van der Waals surface area contributed by atoms with Crippen LogP contribution in [0.5, 0.6) is 5.75 Å². The zero-order valence-electron chi connectivity index (χ0n) is 15.5. The quantitative estimate of drug-likeness (QED) is 0.289. The molecule has 8 nitrogen and oxygen atoms in total. The summed E-state index contributed by atoms with van der Waals surface area (Å²) in [6.45, 7) is 3.90. The first-order chi connectivity index (χ1) is 13.7. The van der Waals surface area contributed by atoms with E-state index in [4.69, 9.17) is 0 Å². The normalized spacial score (nSPS) is 12.6. The molecule has 0 aliphatic rings. The van der Waals surface area contributed by atoms with Crippen LogP contribution in [0.4, 0.5) is 5.69 Å². The summed E-state index contributed by atoms with van der Waals surface area (Å²) in [6.07, 6.45) is 1.95. The van der Waals surface area contributed by atoms with Crippen LogP contribution in [0.2, 0.25) is 0 Å². The molecule has 3 aromatic rings. The minimum atomic E-state index is -0.691. The van der Waals surface area contributed by atoms with Gasteiger partial charge < -0.3 is 5.11 Å². The molecule has 3 rings (SSSR count). The van der Waals surface area contributed by atoms with Crippen LogP contribution in [-0.4, -0.2) is 25.9 Å². The second-order valence-electron chi connectivity index (χ2n) is 6.42. The Morgan fingerprint density at radius 3 is 2.69 bits per heavy atom. The van der Waals surface area contributed by atoms with E-state index in [-0.39, 0.29) is 17.0 Å². The number of aromatic hydroxyl groups is 1. The minimum absolute atomic E-state index is 0.0571. The maximum atomic E-state index is 13.1. The molecule has 0 bridgehead atoms. The third-order valence-corrected chi connectivity index (χ3v) is 5.43. The topological polar surface area (TPSA) is 111 Å². The summed E-state index contributed by atoms with van der Waals surface area (Å²) in [5.41, 5.74) is -0.175. The molecule has 0 unspecified atom stereocenters. The molecule has 29 heavy (non-hydrogen) atoms. The molecule has 1 N–H and O–H groups in total. The number of hydrogen-bond acceptors (Lipinski definition) is 6. The highest BCUT2D eigenvalue weighted by molar-refractivity contribution is 9.10. The number of benzene rings is 2. The van der Waals surface area contributed by atoms with Crippen molar-refractivity contribution in [2.75, 3.05) is 0 Å². The molecule has 10 heteroatoms. The summed E-state index contributed by atoms with van der Waals surface area (Å²) in [4.78, 5) is 28.1. The summed E-state index contributed by atoms with van der Waals surface area (Å²) in [5.74, 6) is -0.123. The number of hydrogen-bond donors (Lipinski definition) is 1. The van der Waals surface area contributed by atoms with Gasteiger partial charge >= 0.3 is 5.69 Å². The summed E-state index contributed by atoms with van der Waals surface area (Å²) in [6, 6.07) is 7.90. The van der Waals surface area contributed by atoms with Gasteiger partial charge in [-0.15, -0.1) is 0 Å². The van der Waals surface area contributed by atoms with Crippen LogP contribution in [0.1, 0.15) is 37.6 Å². The fraction of sp³-hybridized carbons (Fsp3) is 0.211. The van der Waals surface area contributed by atoms with Crippen molar-refractivity contribution in [3.63, 3.8) is 0 Å². The van der Waals surface area contributed by atoms with E-state index in [1.165, 1.54) is 23.0 Å². The van der Waals surface area contributed by atoms with Gasteiger partial charge in [0.25, 0.3) is 5.56 Å². The molecule has 0 saturated heterocycles. The van der Waals surface area contributed by atoms with Gasteiger partial charge in [0.1, 0.15) is 5.82 Å². The molecular formula is C19H16Br2N4O4. The summed E-state index contributed by atoms with van der Waals surface area (Å²) >= 11 is 6.53. The Hall–Kier alpha value is -2.59. The smallest absolute Gasteiger partial charge is 0.312 e. The molecule has 1 heterocycles. The van der Waals surface area contributed by atoms with Gasteiger partial charge in [0.05, 0.1) is 22.0 Å². The molecular weight excluding hydrogens is 508 g/mol. The van der Waals surface area contributed by atoms with Crippen molar-refractivity contribution in [1.82, 2.24) is 9.66 Å². The average Bonchev–Trinajstić information content (AvgIpc) is 2.68. The predicted molar refractivity (Wildman–Crippen MR) is 118 cm³/mol. The second kappa shape index (κ2) is 8.42. The molecule has 0 aliphatic heterocycles. The first-order valence-electron chi connectivity index (χ1n) is 8.66. The van der Waals surface area contributed by atoms with Gasteiger partial charge in [0, 0.05) is 26.5 Å². The van der Waals surface area contributed by atoms with Crippen LogP contribution in [0.15, 0.2) is 49.2 Å². The van der Waals surface area contributed by atoms with E-state index >= 15 is 0 Å². The molecule has 0 saturated carbocycles. The fourth-order valence-corrected chi connectivity index (χ4v) is 3.57. The number of nitro groups is 1. The molecule has 0 spiro atoms. The number of aromatic nitrogens is 2. The van der Waals surface area contributed by atoms with Crippen molar-refractivity contribution >= 4 is 54.7 Å². The number of nitrogens with zero attached hydrogens (tertiary/aromatic N) is 4.